The van der Waals surface area contributed by atoms with E-state index in [0.29, 0.717) is 12.8 Å². The van der Waals surface area contributed by atoms with Crippen LogP contribution in [0.25, 0.3) is 0 Å². The molecule has 0 heterocycles. The largest absolute Gasteiger partial charge is 0.461 e. The molecular weight excluding hydrogens is 352 g/mol. The molecule has 0 aliphatic heterocycles. The van der Waals surface area contributed by atoms with Crippen LogP contribution in [0.1, 0.15) is 97.3 Å². The standard InChI is InChI=1S/C24H40O4/c1-3-5-7-9-11-16-20-27-22(25)24(18-14-13-15-19-24)23(26)28-21-17-12-10-8-6-4-2/h11-12,16-17H,3-10,13-15,18-21H2,1-2H3. The molecule has 0 atom stereocenters. The minimum atomic E-state index is -1.11. The van der Waals surface area contributed by atoms with E-state index >= 15 is 0 Å². The summed E-state index contributed by atoms with van der Waals surface area (Å²) in [5, 5.41) is 0. The first-order valence-electron chi connectivity index (χ1n) is 11.3. The molecule has 1 aliphatic carbocycles. The molecule has 0 aromatic rings. The highest BCUT2D eigenvalue weighted by molar-refractivity contribution is 6.00. The minimum absolute atomic E-state index is 0.233. The molecule has 0 spiro atoms. The van der Waals surface area contributed by atoms with Crippen LogP contribution in [-0.4, -0.2) is 25.2 Å². The van der Waals surface area contributed by atoms with E-state index in [2.05, 4.69) is 26.0 Å². The lowest BCUT2D eigenvalue weighted by Gasteiger charge is -2.32. The Morgan fingerprint density at radius 3 is 1.61 bits per heavy atom. The van der Waals surface area contributed by atoms with E-state index in [-0.39, 0.29) is 13.2 Å². The van der Waals surface area contributed by atoms with Gasteiger partial charge in [0.15, 0.2) is 5.41 Å². The summed E-state index contributed by atoms with van der Waals surface area (Å²) >= 11 is 0. The fourth-order valence-corrected chi connectivity index (χ4v) is 3.57. The number of rotatable bonds is 14. The molecule has 1 rings (SSSR count). The quantitative estimate of drug-likeness (QED) is 0.151. The van der Waals surface area contributed by atoms with Crippen molar-refractivity contribution >= 4 is 11.9 Å². The van der Waals surface area contributed by atoms with Crippen molar-refractivity contribution in [3.05, 3.63) is 24.3 Å². The zero-order chi connectivity index (χ0) is 20.5. The van der Waals surface area contributed by atoms with Crippen molar-refractivity contribution in [2.45, 2.75) is 97.3 Å². The highest BCUT2D eigenvalue weighted by Gasteiger charge is 2.49. The van der Waals surface area contributed by atoms with Crippen LogP contribution in [0.3, 0.4) is 0 Å². The van der Waals surface area contributed by atoms with E-state index < -0.39 is 17.4 Å². The maximum atomic E-state index is 12.7. The number of ether oxygens (including phenoxy) is 2. The average molecular weight is 393 g/mol. The summed E-state index contributed by atoms with van der Waals surface area (Å²) in [6.07, 6.45) is 20.9. The SMILES string of the molecule is CCCCCC=CCOC(=O)C1(C(=O)OCC=CCCCCC)CCCCC1. The Kier molecular flexibility index (Phi) is 13.4. The first kappa shape index (κ1) is 24.5. The minimum Gasteiger partial charge on any atom is -0.461 e. The Labute approximate surface area is 171 Å². The van der Waals surface area contributed by atoms with Crippen molar-refractivity contribution in [2.75, 3.05) is 13.2 Å². The second kappa shape index (κ2) is 15.4. The Morgan fingerprint density at radius 1 is 0.714 bits per heavy atom. The molecule has 0 saturated heterocycles. The normalized spacial score (nSPS) is 16.5. The molecule has 4 nitrogen and oxygen atoms in total. The van der Waals surface area contributed by atoms with Crippen LogP contribution in [0.2, 0.25) is 0 Å². The number of allylic oxidation sites excluding steroid dienone is 2. The summed E-state index contributed by atoms with van der Waals surface area (Å²) in [6.45, 7) is 4.82. The Bertz CT molecular complexity index is 449. The van der Waals surface area contributed by atoms with Crippen LogP contribution >= 0.6 is 0 Å². The molecule has 160 valence electrons. The third kappa shape index (κ3) is 9.07. The first-order valence-corrected chi connectivity index (χ1v) is 11.3. The van der Waals surface area contributed by atoms with Gasteiger partial charge in [0.1, 0.15) is 13.2 Å². The molecule has 0 radical (unpaired) electrons. The number of unbranched alkanes of at least 4 members (excludes halogenated alkanes) is 6. The second-order valence-electron chi connectivity index (χ2n) is 7.77. The van der Waals surface area contributed by atoms with Gasteiger partial charge in [-0.3, -0.25) is 9.59 Å². The molecule has 4 heteroatoms. The van der Waals surface area contributed by atoms with Crippen molar-refractivity contribution in [1.82, 2.24) is 0 Å². The molecule has 1 fully saturated rings. The van der Waals surface area contributed by atoms with Gasteiger partial charge in [0.05, 0.1) is 0 Å². The molecule has 0 bridgehead atoms. The van der Waals surface area contributed by atoms with Gasteiger partial charge in [-0.2, -0.15) is 0 Å². The summed E-state index contributed by atoms with van der Waals surface area (Å²) < 4.78 is 10.9. The third-order valence-corrected chi connectivity index (χ3v) is 5.39. The smallest absolute Gasteiger partial charge is 0.323 e. The molecule has 0 aromatic carbocycles. The molecular formula is C24H40O4. The molecule has 0 amide bonds. The molecule has 28 heavy (non-hydrogen) atoms. The number of carbonyl (C=O) groups is 2. The Hall–Kier alpha value is -1.58. The van der Waals surface area contributed by atoms with Gasteiger partial charge in [-0.15, -0.1) is 0 Å². The van der Waals surface area contributed by atoms with E-state index in [1.807, 2.05) is 12.2 Å². The van der Waals surface area contributed by atoms with Gasteiger partial charge in [0, 0.05) is 0 Å². The predicted molar refractivity (Wildman–Crippen MR) is 114 cm³/mol. The molecule has 1 saturated carbocycles. The number of hydrogen-bond acceptors (Lipinski definition) is 4. The Balaban J connectivity index is 2.47. The molecule has 0 aromatic heterocycles. The first-order chi connectivity index (χ1) is 13.7. The molecule has 0 unspecified atom stereocenters. The van der Waals surface area contributed by atoms with E-state index in [4.69, 9.17) is 9.47 Å². The van der Waals surface area contributed by atoms with Gasteiger partial charge in [0.2, 0.25) is 0 Å². The summed E-state index contributed by atoms with van der Waals surface area (Å²) in [5.74, 6) is -0.829. The topological polar surface area (TPSA) is 52.6 Å². The van der Waals surface area contributed by atoms with Gasteiger partial charge in [-0.05, 0) is 38.5 Å². The maximum Gasteiger partial charge on any atom is 0.323 e. The highest BCUT2D eigenvalue weighted by atomic mass is 16.6. The lowest BCUT2D eigenvalue weighted by atomic mass is 9.74. The summed E-state index contributed by atoms with van der Waals surface area (Å²) in [5.41, 5.74) is -1.11. The zero-order valence-corrected chi connectivity index (χ0v) is 18.0. The van der Waals surface area contributed by atoms with Crippen LogP contribution in [0.5, 0.6) is 0 Å². The highest BCUT2D eigenvalue weighted by Crippen LogP contribution is 2.38. The molecule has 0 N–H and O–H groups in total. The summed E-state index contributed by atoms with van der Waals surface area (Å²) in [7, 11) is 0. The van der Waals surface area contributed by atoms with Gasteiger partial charge < -0.3 is 9.47 Å². The average Bonchev–Trinajstić information content (AvgIpc) is 2.72. The van der Waals surface area contributed by atoms with Crippen LogP contribution < -0.4 is 0 Å². The summed E-state index contributed by atoms with van der Waals surface area (Å²) in [6, 6.07) is 0. The number of hydrogen-bond donors (Lipinski definition) is 0. The van der Waals surface area contributed by atoms with Gasteiger partial charge in [-0.1, -0.05) is 83.1 Å². The lowest BCUT2D eigenvalue weighted by Crippen LogP contribution is -2.43. The van der Waals surface area contributed by atoms with Gasteiger partial charge in [0.25, 0.3) is 0 Å². The maximum absolute atomic E-state index is 12.7. The fraction of sp³-hybridized carbons (Fsp3) is 0.750. The lowest BCUT2D eigenvalue weighted by molar-refractivity contribution is -0.173. The van der Waals surface area contributed by atoms with Crippen molar-refractivity contribution < 1.29 is 19.1 Å². The zero-order valence-electron chi connectivity index (χ0n) is 18.0. The van der Waals surface area contributed by atoms with Crippen molar-refractivity contribution in [1.29, 1.82) is 0 Å². The van der Waals surface area contributed by atoms with E-state index in [9.17, 15) is 9.59 Å². The summed E-state index contributed by atoms with van der Waals surface area (Å²) in [4.78, 5) is 25.5. The van der Waals surface area contributed by atoms with Gasteiger partial charge in [-0.25, -0.2) is 0 Å². The second-order valence-corrected chi connectivity index (χ2v) is 7.77. The van der Waals surface area contributed by atoms with Crippen molar-refractivity contribution in [2.24, 2.45) is 5.41 Å². The Morgan fingerprint density at radius 2 is 1.18 bits per heavy atom. The van der Waals surface area contributed by atoms with Crippen LogP contribution in [-0.2, 0) is 19.1 Å². The van der Waals surface area contributed by atoms with Crippen molar-refractivity contribution in [3.63, 3.8) is 0 Å². The third-order valence-electron chi connectivity index (χ3n) is 5.39. The van der Waals surface area contributed by atoms with Crippen LogP contribution in [0.4, 0.5) is 0 Å². The monoisotopic (exact) mass is 392 g/mol. The fourth-order valence-electron chi connectivity index (χ4n) is 3.57. The van der Waals surface area contributed by atoms with Crippen LogP contribution in [0.15, 0.2) is 24.3 Å². The molecule has 1 aliphatic rings. The van der Waals surface area contributed by atoms with E-state index in [1.165, 1.54) is 25.7 Å². The predicted octanol–water partition coefficient (Wildman–Crippen LogP) is 6.30. The van der Waals surface area contributed by atoms with E-state index in [1.54, 1.807) is 0 Å². The van der Waals surface area contributed by atoms with Crippen molar-refractivity contribution in [3.8, 4) is 0 Å². The van der Waals surface area contributed by atoms with Gasteiger partial charge >= 0.3 is 11.9 Å². The van der Waals surface area contributed by atoms with E-state index in [0.717, 1.165) is 44.9 Å². The number of carbonyl (C=O) groups excluding carboxylic acids is 2. The van der Waals surface area contributed by atoms with Crippen LogP contribution in [0, 0.1) is 5.41 Å². The number of esters is 2.